The van der Waals surface area contributed by atoms with Gasteiger partial charge in [-0.15, -0.1) is 4.91 Å². The van der Waals surface area contributed by atoms with Crippen molar-refractivity contribution in [2.45, 2.75) is 31.8 Å². The molecule has 0 saturated carbocycles. The lowest BCUT2D eigenvalue weighted by atomic mass is 10.0. The highest BCUT2D eigenvalue weighted by atomic mass is 16.3. The molecule has 37 heavy (non-hydrogen) atoms. The molecule has 0 spiro atoms. The maximum Gasteiger partial charge on any atom is 0.329 e. The number of benzene rings is 1. The van der Waals surface area contributed by atoms with Gasteiger partial charge in [0, 0.05) is 36.3 Å². The number of nitrogens with zero attached hydrogens (tertiary/aromatic N) is 6. The number of carbonyl (C=O) groups excluding carboxylic acids is 1. The molecule has 1 aromatic carbocycles. The number of likely N-dealkylation sites (tertiary alicyclic amines) is 1. The highest BCUT2D eigenvalue weighted by Crippen LogP contribution is 2.29. The molecule has 0 bridgehead atoms. The molecule has 1 aliphatic heterocycles. The summed E-state index contributed by atoms with van der Waals surface area (Å²) in [5.74, 6) is -0.331. The topological polar surface area (TPSA) is 159 Å². The van der Waals surface area contributed by atoms with E-state index in [0.717, 1.165) is 16.5 Å². The standard InChI is InChI=1S/C25H22N8O4/c1-13(31-37)24(35)32-8-6-16(7-9-32)33-22-17(23(34)29-25(33)36)12-26-20-5-4-18(28-21(20)22)14-2-3-19-15(10-14)11-27-30-19/h2-5,10-13,16H,6-9H2,1H3,(H,27,30)(H,29,34,36)/t13-/m1/s1. The fourth-order valence-electron chi connectivity index (χ4n) is 5.05. The second-order valence-corrected chi connectivity index (χ2v) is 9.22. The number of aromatic amines is 2. The molecule has 1 saturated heterocycles. The van der Waals surface area contributed by atoms with Crippen LogP contribution >= 0.6 is 0 Å². The van der Waals surface area contributed by atoms with E-state index in [9.17, 15) is 19.3 Å². The number of hydrogen-bond acceptors (Lipinski definition) is 8. The molecule has 2 N–H and O–H groups in total. The van der Waals surface area contributed by atoms with E-state index in [-0.39, 0.29) is 17.3 Å². The summed E-state index contributed by atoms with van der Waals surface area (Å²) in [5.41, 5.74) is 2.77. The van der Waals surface area contributed by atoms with Gasteiger partial charge >= 0.3 is 5.69 Å². The summed E-state index contributed by atoms with van der Waals surface area (Å²) in [7, 11) is 0. The number of carbonyl (C=O) groups is 1. The van der Waals surface area contributed by atoms with E-state index in [1.165, 1.54) is 13.1 Å². The molecular formula is C25H22N8O4. The van der Waals surface area contributed by atoms with Crippen molar-refractivity contribution in [3.05, 3.63) is 68.5 Å². The van der Waals surface area contributed by atoms with E-state index in [2.05, 4.69) is 25.3 Å². The van der Waals surface area contributed by atoms with Crippen LogP contribution in [0, 0.1) is 4.91 Å². The van der Waals surface area contributed by atoms with Crippen molar-refractivity contribution in [2.24, 2.45) is 5.18 Å². The smallest absolute Gasteiger partial charge is 0.329 e. The molecule has 6 rings (SSSR count). The largest absolute Gasteiger partial charge is 0.341 e. The van der Waals surface area contributed by atoms with Gasteiger partial charge in [-0.2, -0.15) is 5.10 Å². The van der Waals surface area contributed by atoms with Crippen molar-refractivity contribution in [3.8, 4) is 11.3 Å². The monoisotopic (exact) mass is 498 g/mol. The van der Waals surface area contributed by atoms with Gasteiger partial charge in [0.1, 0.15) is 5.52 Å². The Kier molecular flexibility index (Phi) is 5.36. The zero-order chi connectivity index (χ0) is 25.7. The van der Waals surface area contributed by atoms with Crippen LogP contribution in [0.1, 0.15) is 25.8 Å². The molecule has 5 aromatic rings. The van der Waals surface area contributed by atoms with E-state index in [1.807, 2.05) is 30.3 Å². The third-order valence-electron chi connectivity index (χ3n) is 7.00. The van der Waals surface area contributed by atoms with Gasteiger partial charge in [0.05, 0.1) is 33.8 Å². The summed E-state index contributed by atoms with van der Waals surface area (Å²) < 4.78 is 1.57. The van der Waals surface area contributed by atoms with Crippen LogP contribution in [0.25, 0.3) is 44.1 Å². The van der Waals surface area contributed by atoms with Crippen LogP contribution in [0.15, 0.2) is 57.5 Å². The van der Waals surface area contributed by atoms with Crippen LogP contribution in [0.4, 0.5) is 0 Å². The van der Waals surface area contributed by atoms with Crippen molar-refractivity contribution >= 4 is 38.7 Å². The Morgan fingerprint density at radius 2 is 1.95 bits per heavy atom. The SMILES string of the molecule is C[C@@H](N=O)C(=O)N1CCC(n2c(=O)[nH]c(=O)c3cnc4ccc(-c5ccc6[nH]ncc6c5)nc4c32)CC1. The zero-order valence-electron chi connectivity index (χ0n) is 19.8. The molecule has 12 nitrogen and oxygen atoms in total. The predicted molar refractivity (Wildman–Crippen MR) is 137 cm³/mol. The van der Waals surface area contributed by atoms with Crippen LogP contribution in [0.3, 0.4) is 0 Å². The normalized spacial score (nSPS) is 15.4. The van der Waals surface area contributed by atoms with Crippen LogP contribution in [0.5, 0.6) is 0 Å². The van der Waals surface area contributed by atoms with Gasteiger partial charge in [-0.25, -0.2) is 9.78 Å². The Bertz CT molecular complexity index is 1810. The Morgan fingerprint density at radius 1 is 1.14 bits per heavy atom. The van der Waals surface area contributed by atoms with Crippen molar-refractivity contribution in [3.63, 3.8) is 0 Å². The number of fused-ring (bicyclic) bond motifs is 4. The van der Waals surface area contributed by atoms with E-state index in [0.29, 0.717) is 48.2 Å². The first-order valence-corrected chi connectivity index (χ1v) is 11.9. The summed E-state index contributed by atoms with van der Waals surface area (Å²) in [6, 6.07) is 8.25. The Morgan fingerprint density at radius 3 is 2.73 bits per heavy atom. The highest BCUT2D eigenvalue weighted by Gasteiger charge is 2.29. The first-order chi connectivity index (χ1) is 17.9. The van der Waals surface area contributed by atoms with E-state index >= 15 is 0 Å². The first kappa shape index (κ1) is 22.7. The van der Waals surface area contributed by atoms with E-state index < -0.39 is 17.3 Å². The summed E-state index contributed by atoms with van der Waals surface area (Å²) >= 11 is 0. The van der Waals surface area contributed by atoms with Gasteiger partial charge in [-0.05, 0) is 44.0 Å². The summed E-state index contributed by atoms with van der Waals surface area (Å²) in [6.45, 7) is 2.19. The van der Waals surface area contributed by atoms with Crippen molar-refractivity contribution in [1.29, 1.82) is 0 Å². The number of pyridine rings is 2. The number of H-pyrrole nitrogens is 2. The highest BCUT2D eigenvalue weighted by molar-refractivity contribution is 6.01. The summed E-state index contributed by atoms with van der Waals surface area (Å²) in [4.78, 5) is 62.4. The average Bonchev–Trinajstić information content (AvgIpc) is 3.40. The van der Waals surface area contributed by atoms with Gasteiger partial charge in [0.2, 0.25) is 0 Å². The third-order valence-corrected chi connectivity index (χ3v) is 7.00. The number of nitrogens with one attached hydrogen (secondary N) is 2. The molecule has 1 amide bonds. The van der Waals surface area contributed by atoms with Gasteiger partial charge in [0.25, 0.3) is 11.5 Å². The fraction of sp³-hybridized carbons (Fsp3) is 0.280. The van der Waals surface area contributed by atoms with Gasteiger partial charge in [0.15, 0.2) is 6.04 Å². The molecule has 1 aliphatic rings. The summed E-state index contributed by atoms with van der Waals surface area (Å²) in [5, 5.41) is 11.0. The number of rotatable bonds is 4. The second-order valence-electron chi connectivity index (χ2n) is 9.22. The van der Waals surface area contributed by atoms with E-state index in [1.54, 1.807) is 15.7 Å². The number of aromatic nitrogens is 6. The van der Waals surface area contributed by atoms with Crippen LogP contribution in [-0.4, -0.2) is 59.7 Å². The summed E-state index contributed by atoms with van der Waals surface area (Å²) in [6.07, 6.45) is 4.14. The lowest BCUT2D eigenvalue weighted by molar-refractivity contribution is -0.133. The Labute approximate surface area is 208 Å². The maximum atomic E-state index is 13.2. The minimum Gasteiger partial charge on any atom is -0.341 e. The van der Waals surface area contributed by atoms with Gasteiger partial charge in [-0.3, -0.25) is 29.2 Å². The minimum absolute atomic E-state index is 0.263. The molecule has 12 heteroatoms. The average molecular weight is 499 g/mol. The second kappa shape index (κ2) is 8.73. The van der Waals surface area contributed by atoms with Crippen LogP contribution < -0.4 is 11.2 Å². The van der Waals surface area contributed by atoms with E-state index in [4.69, 9.17) is 4.98 Å². The van der Waals surface area contributed by atoms with Crippen molar-refractivity contribution in [1.82, 2.24) is 34.6 Å². The molecule has 186 valence electrons. The quantitative estimate of drug-likeness (QED) is 0.284. The number of amides is 1. The predicted octanol–water partition coefficient (Wildman–Crippen LogP) is 2.49. The molecule has 1 atom stereocenters. The minimum atomic E-state index is -0.952. The molecular weight excluding hydrogens is 476 g/mol. The molecule has 4 aromatic heterocycles. The number of nitroso groups, excluding NO2 is 1. The lowest BCUT2D eigenvalue weighted by Gasteiger charge is -2.33. The van der Waals surface area contributed by atoms with Crippen LogP contribution in [-0.2, 0) is 4.79 Å². The first-order valence-electron chi connectivity index (χ1n) is 11.9. The number of hydrogen-bond donors (Lipinski definition) is 2. The Balaban J connectivity index is 1.48. The third kappa shape index (κ3) is 3.77. The fourth-order valence-corrected chi connectivity index (χ4v) is 5.05. The Hall–Kier alpha value is -4.74. The molecule has 1 fully saturated rings. The van der Waals surface area contributed by atoms with Gasteiger partial charge in [-0.1, -0.05) is 11.2 Å². The van der Waals surface area contributed by atoms with Crippen molar-refractivity contribution < 1.29 is 4.79 Å². The number of piperidine rings is 1. The maximum absolute atomic E-state index is 13.2. The van der Waals surface area contributed by atoms with Gasteiger partial charge < -0.3 is 4.90 Å². The van der Waals surface area contributed by atoms with Crippen LogP contribution in [0.2, 0.25) is 0 Å². The molecule has 0 radical (unpaired) electrons. The molecule has 5 heterocycles. The molecule has 0 aliphatic carbocycles. The lowest BCUT2D eigenvalue weighted by Crippen LogP contribution is -2.44. The van der Waals surface area contributed by atoms with Crippen molar-refractivity contribution in [2.75, 3.05) is 13.1 Å². The zero-order valence-corrected chi connectivity index (χ0v) is 19.8. The molecule has 0 unspecified atom stereocenters.